The Kier molecular flexibility index (Phi) is 6.87. The number of rotatable bonds is 7. The van der Waals surface area contributed by atoms with Crippen LogP contribution < -0.4 is 4.74 Å². The zero-order valence-corrected chi connectivity index (χ0v) is 18.5. The third kappa shape index (κ3) is 4.84. The molecule has 2 aliphatic rings. The van der Waals surface area contributed by atoms with Gasteiger partial charge in [0.25, 0.3) is 0 Å². The normalized spacial score (nSPS) is 16.8. The molecule has 0 spiro atoms. The number of carbonyl (C=O) groups excluding carboxylic acids is 2. The maximum atomic E-state index is 12.7. The van der Waals surface area contributed by atoms with Gasteiger partial charge in [-0.1, -0.05) is 24.3 Å². The van der Waals surface area contributed by atoms with Crippen molar-refractivity contribution in [3.63, 3.8) is 0 Å². The fraction of sp³-hybridized carbons (Fsp3) is 0.423. The summed E-state index contributed by atoms with van der Waals surface area (Å²) in [5.74, 6) is 0.808. The van der Waals surface area contributed by atoms with Gasteiger partial charge in [0.2, 0.25) is 5.91 Å². The van der Waals surface area contributed by atoms with Gasteiger partial charge in [0.1, 0.15) is 11.8 Å². The third-order valence-electron chi connectivity index (χ3n) is 6.57. The highest BCUT2D eigenvalue weighted by molar-refractivity contribution is 5.98. The highest BCUT2D eigenvalue weighted by Crippen LogP contribution is 2.25. The van der Waals surface area contributed by atoms with Gasteiger partial charge in [0, 0.05) is 44.6 Å². The molecule has 2 aromatic carbocycles. The Morgan fingerprint density at radius 3 is 2.41 bits per heavy atom. The van der Waals surface area contributed by atoms with Gasteiger partial charge in [-0.05, 0) is 54.2 Å². The van der Waals surface area contributed by atoms with Gasteiger partial charge >= 0.3 is 0 Å². The van der Waals surface area contributed by atoms with Crippen molar-refractivity contribution >= 4 is 11.7 Å². The SMILES string of the molecule is COc1ccc(C(C#N)N2CCN(C(=O)CCC(=O)c3ccc4c(c3)CCC4)CC2)cc1. The summed E-state index contributed by atoms with van der Waals surface area (Å²) in [4.78, 5) is 29.2. The molecule has 1 heterocycles. The molecular weight excluding hydrogens is 402 g/mol. The Bertz CT molecular complexity index is 1020. The van der Waals surface area contributed by atoms with Crippen molar-refractivity contribution in [2.45, 2.75) is 38.1 Å². The number of ketones is 1. The molecule has 6 heteroatoms. The van der Waals surface area contributed by atoms with E-state index in [2.05, 4.69) is 17.0 Å². The lowest BCUT2D eigenvalue weighted by atomic mass is 10.0. The van der Waals surface area contributed by atoms with Crippen molar-refractivity contribution in [3.8, 4) is 11.8 Å². The molecule has 1 aliphatic carbocycles. The summed E-state index contributed by atoms with van der Waals surface area (Å²) in [6.45, 7) is 2.41. The van der Waals surface area contributed by atoms with E-state index in [9.17, 15) is 14.9 Å². The van der Waals surface area contributed by atoms with E-state index in [0.29, 0.717) is 26.2 Å². The minimum Gasteiger partial charge on any atom is -0.497 e. The third-order valence-corrected chi connectivity index (χ3v) is 6.57. The molecule has 0 aromatic heterocycles. The minimum atomic E-state index is -0.348. The van der Waals surface area contributed by atoms with Crippen LogP contribution in [0.25, 0.3) is 0 Å². The van der Waals surface area contributed by atoms with Crippen molar-refractivity contribution in [2.75, 3.05) is 33.3 Å². The van der Waals surface area contributed by atoms with Gasteiger partial charge in [0.05, 0.1) is 13.2 Å². The number of nitrogens with zero attached hydrogens (tertiary/aromatic N) is 3. The number of nitriles is 1. The van der Waals surface area contributed by atoms with Crippen LogP contribution in [0.4, 0.5) is 0 Å². The van der Waals surface area contributed by atoms with Gasteiger partial charge in [-0.2, -0.15) is 5.26 Å². The van der Waals surface area contributed by atoms with Crippen LogP contribution in [0.1, 0.15) is 52.4 Å². The van der Waals surface area contributed by atoms with Crippen LogP contribution in [0.5, 0.6) is 5.75 Å². The summed E-state index contributed by atoms with van der Waals surface area (Å²) in [6, 6.07) is 15.5. The number of ether oxygens (including phenoxy) is 1. The number of aryl methyl sites for hydroxylation is 2. The first-order valence-corrected chi connectivity index (χ1v) is 11.3. The molecule has 32 heavy (non-hydrogen) atoms. The molecule has 1 fully saturated rings. The molecule has 1 amide bonds. The largest absolute Gasteiger partial charge is 0.497 e. The fourth-order valence-electron chi connectivity index (χ4n) is 4.65. The Labute approximate surface area is 189 Å². The van der Waals surface area contributed by atoms with Crippen LogP contribution in [0.3, 0.4) is 0 Å². The minimum absolute atomic E-state index is 0.0112. The highest BCUT2D eigenvalue weighted by Gasteiger charge is 2.27. The Hall–Kier alpha value is -3.17. The number of methoxy groups -OCH3 is 1. The van der Waals surface area contributed by atoms with Crippen molar-refractivity contribution in [2.24, 2.45) is 0 Å². The van der Waals surface area contributed by atoms with E-state index in [1.165, 1.54) is 11.1 Å². The van der Waals surface area contributed by atoms with Crippen LogP contribution in [-0.4, -0.2) is 54.8 Å². The second kappa shape index (κ2) is 9.97. The van der Waals surface area contributed by atoms with Gasteiger partial charge in [-0.3, -0.25) is 14.5 Å². The van der Waals surface area contributed by atoms with Gasteiger partial charge in [-0.15, -0.1) is 0 Å². The van der Waals surface area contributed by atoms with E-state index in [1.54, 1.807) is 7.11 Å². The maximum absolute atomic E-state index is 12.7. The quantitative estimate of drug-likeness (QED) is 0.627. The van der Waals surface area contributed by atoms with E-state index in [-0.39, 0.29) is 30.6 Å². The lowest BCUT2D eigenvalue weighted by Gasteiger charge is -2.37. The number of piperazine rings is 1. The molecule has 0 saturated carbocycles. The number of benzene rings is 2. The second-order valence-corrected chi connectivity index (χ2v) is 8.48. The highest BCUT2D eigenvalue weighted by atomic mass is 16.5. The first kappa shape index (κ1) is 22.0. The number of Topliss-reactive ketones (excluding diaryl/α,β-unsaturated/α-hetero) is 1. The maximum Gasteiger partial charge on any atom is 0.223 e. The van der Waals surface area contributed by atoms with Gasteiger partial charge in [-0.25, -0.2) is 0 Å². The molecule has 1 saturated heterocycles. The molecule has 1 aliphatic heterocycles. The van der Waals surface area contributed by atoms with Crippen LogP contribution in [0, 0.1) is 11.3 Å². The van der Waals surface area contributed by atoms with Crippen molar-refractivity contribution in [3.05, 3.63) is 64.7 Å². The summed E-state index contributed by atoms with van der Waals surface area (Å²) < 4.78 is 5.19. The Morgan fingerprint density at radius 1 is 1.00 bits per heavy atom. The molecular formula is C26H29N3O3. The van der Waals surface area contributed by atoms with Crippen LogP contribution in [0.15, 0.2) is 42.5 Å². The molecule has 1 unspecified atom stereocenters. The summed E-state index contributed by atoms with van der Waals surface area (Å²) >= 11 is 0. The molecule has 166 valence electrons. The second-order valence-electron chi connectivity index (χ2n) is 8.48. The van der Waals surface area contributed by atoms with Crippen LogP contribution in [0.2, 0.25) is 0 Å². The number of hydrogen-bond donors (Lipinski definition) is 0. The van der Waals surface area contributed by atoms with E-state index in [1.807, 2.05) is 41.3 Å². The van der Waals surface area contributed by atoms with Crippen molar-refractivity contribution in [1.29, 1.82) is 5.26 Å². The predicted molar refractivity (Wildman–Crippen MR) is 122 cm³/mol. The average Bonchev–Trinajstić information content (AvgIpc) is 3.31. The summed E-state index contributed by atoms with van der Waals surface area (Å²) in [6.07, 6.45) is 3.77. The summed E-state index contributed by atoms with van der Waals surface area (Å²) in [5, 5.41) is 9.70. The van der Waals surface area contributed by atoms with Gasteiger partial charge in [0.15, 0.2) is 5.78 Å². The molecule has 0 bridgehead atoms. The molecule has 1 atom stereocenters. The fourth-order valence-corrected chi connectivity index (χ4v) is 4.65. The first-order valence-electron chi connectivity index (χ1n) is 11.3. The van der Waals surface area contributed by atoms with E-state index in [0.717, 1.165) is 36.1 Å². The van der Waals surface area contributed by atoms with E-state index in [4.69, 9.17) is 4.74 Å². The standard InChI is InChI=1S/C26H29N3O3/c1-32-23-9-7-20(8-10-23)24(18-27)28-13-15-29(16-14-28)26(31)12-11-25(30)22-6-5-19-3-2-4-21(19)17-22/h5-10,17,24H,2-4,11-16H2,1H3. The van der Waals surface area contributed by atoms with E-state index < -0.39 is 0 Å². The topological polar surface area (TPSA) is 73.6 Å². The lowest BCUT2D eigenvalue weighted by Crippen LogP contribution is -2.49. The van der Waals surface area contributed by atoms with E-state index >= 15 is 0 Å². The number of fused-ring (bicyclic) bond motifs is 1. The summed E-state index contributed by atoms with van der Waals surface area (Å²) in [7, 11) is 1.62. The smallest absolute Gasteiger partial charge is 0.223 e. The molecule has 2 aromatic rings. The Balaban J connectivity index is 1.27. The summed E-state index contributed by atoms with van der Waals surface area (Å²) in [5.41, 5.74) is 4.27. The van der Waals surface area contributed by atoms with Crippen LogP contribution >= 0.6 is 0 Å². The molecule has 0 N–H and O–H groups in total. The predicted octanol–water partition coefficient (Wildman–Crippen LogP) is 3.56. The molecule has 0 radical (unpaired) electrons. The monoisotopic (exact) mass is 431 g/mol. The number of carbonyl (C=O) groups is 2. The first-order chi connectivity index (χ1) is 15.6. The van der Waals surface area contributed by atoms with Crippen molar-refractivity contribution in [1.82, 2.24) is 9.80 Å². The lowest BCUT2D eigenvalue weighted by molar-refractivity contribution is -0.133. The average molecular weight is 432 g/mol. The van der Waals surface area contributed by atoms with Gasteiger partial charge < -0.3 is 9.64 Å². The number of amides is 1. The van der Waals surface area contributed by atoms with Crippen molar-refractivity contribution < 1.29 is 14.3 Å². The Morgan fingerprint density at radius 2 is 1.72 bits per heavy atom. The zero-order chi connectivity index (χ0) is 22.5. The van der Waals surface area contributed by atoms with Crippen LogP contribution in [-0.2, 0) is 17.6 Å². The zero-order valence-electron chi connectivity index (χ0n) is 18.5. The molecule has 4 rings (SSSR count). The number of hydrogen-bond acceptors (Lipinski definition) is 5. The molecule has 6 nitrogen and oxygen atoms in total.